The van der Waals surface area contributed by atoms with Crippen molar-refractivity contribution >= 4 is 39.5 Å². The van der Waals surface area contributed by atoms with Crippen molar-refractivity contribution in [1.82, 2.24) is 0 Å². The Balaban J connectivity index is 5.29. The van der Waals surface area contributed by atoms with Crippen LogP contribution in [-0.4, -0.2) is 96.7 Å². The van der Waals surface area contributed by atoms with Gasteiger partial charge in [0.2, 0.25) is 0 Å². The van der Waals surface area contributed by atoms with E-state index in [0.29, 0.717) is 37.5 Å². The lowest BCUT2D eigenvalue weighted by Gasteiger charge is -2.21. The SMILES string of the molecule is CCCCCC/C=C\C=C/CCCCCCCC(=O)OC[C@H](COP(=O)(O)OCC(O)COP(=O)(O)OC[C@@H](COC(=O)CCCCCCCCCC(C)C)OC(=O)CCCCCCCCCCC(C)C)OC(=O)CCCCCCCCCCCCCCC(C)C. The van der Waals surface area contributed by atoms with E-state index in [1.165, 1.54) is 122 Å². The van der Waals surface area contributed by atoms with Crippen LogP contribution in [-0.2, 0) is 65.4 Å². The standard InChI is InChI=1S/C72H136O17P2/c1-8-9-10-11-12-13-14-15-16-17-21-24-32-39-46-53-69(74)82-59-67(88-71(76)55-48-41-33-25-22-19-18-20-23-29-36-43-50-63(2)3)61-86-90(78,79)84-57-66(73)58-85-91(80,81)87-62-68(60-83-70(75)54-47-40-35-28-31-38-45-52-65(6)7)89-72(77)56-49-42-34-27-26-30-37-44-51-64(4)5/h13-16,63-68,73H,8-12,17-62H2,1-7H3,(H,78,79)(H,80,81)/b14-13-,16-15-/t66?,67-,68-/m1/s1. The number of rotatable bonds is 68. The average molecular weight is 1340 g/mol. The number of phosphoric acid groups is 2. The first-order valence-corrected chi connectivity index (χ1v) is 39.7. The molecule has 0 aliphatic rings. The van der Waals surface area contributed by atoms with Gasteiger partial charge in [0.25, 0.3) is 0 Å². The predicted octanol–water partition coefficient (Wildman–Crippen LogP) is 20.2. The van der Waals surface area contributed by atoms with Crippen LogP contribution in [0, 0.1) is 17.8 Å². The molecule has 0 radical (unpaired) electrons. The summed E-state index contributed by atoms with van der Waals surface area (Å²) in [5, 5.41) is 10.6. The van der Waals surface area contributed by atoms with Gasteiger partial charge in [-0.05, 0) is 69.1 Å². The van der Waals surface area contributed by atoms with Gasteiger partial charge in [-0.15, -0.1) is 0 Å². The summed E-state index contributed by atoms with van der Waals surface area (Å²) in [6, 6.07) is 0. The fourth-order valence-corrected chi connectivity index (χ4v) is 11.9. The van der Waals surface area contributed by atoms with Crippen LogP contribution in [0.2, 0.25) is 0 Å². The molecule has 536 valence electrons. The van der Waals surface area contributed by atoms with E-state index in [0.717, 1.165) is 121 Å². The Bertz CT molecular complexity index is 1880. The van der Waals surface area contributed by atoms with Crippen LogP contribution in [0.5, 0.6) is 0 Å². The van der Waals surface area contributed by atoms with E-state index in [4.69, 9.17) is 37.0 Å². The van der Waals surface area contributed by atoms with Gasteiger partial charge >= 0.3 is 39.5 Å². The molecule has 0 saturated carbocycles. The topological polar surface area (TPSA) is 237 Å². The van der Waals surface area contributed by atoms with Crippen LogP contribution in [0.25, 0.3) is 0 Å². The van der Waals surface area contributed by atoms with Crippen LogP contribution in [0.4, 0.5) is 0 Å². The largest absolute Gasteiger partial charge is 0.472 e. The highest BCUT2D eigenvalue weighted by molar-refractivity contribution is 7.47. The van der Waals surface area contributed by atoms with Crippen LogP contribution in [0.15, 0.2) is 24.3 Å². The second-order valence-electron chi connectivity index (χ2n) is 26.7. The molecule has 19 heteroatoms. The van der Waals surface area contributed by atoms with E-state index >= 15 is 0 Å². The van der Waals surface area contributed by atoms with Gasteiger partial charge in [0, 0.05) is 25.7 Å². The minimum atomic E-state index is -4.96. The normalized spacial score (nSPS) is 14.3. The van der Waals surface area contributed by atoms with Gasteiger partial charge in [-0.25, -0.2) is 9.13 Å². The Labute approximate surface area is 554 Å². The number of allylic oxidation sites excluding steroid dienone is 4. The van der Waals surface area contributed by atoms with Gasteiger partial charge in [-0.1, -0.05) is 285 Å². The highest BCUT2D eigenvalue weighted by Gasteiger charge is 2.30. The van der Waals surface area contributed by atoms with Crippen LogP contribution in [0.3, 0.4) is 0 Å². The molecule has 0 bridgehead atoms. The van der Waals surface area contributed by atoms with Crippen LogP contribution < -0.4 is 0 Å². The second kappa shape index (κ2) is 62.4. The molecule has 5 atom stereocenters. The summed E-state index contributed by atoms with van der Waals surface area (Å²) in [6.45, 7) is 11.7. The van der Waals surface area contributed by atoms with Gasteiger partial charge in [-0.3, -0.25) is 37.3 Å². The molecule has 3 N–H and O–H groups in total. The molecule has 0 rings (SSSR count). The quantitative estimate of drug-likeness (QED) is 0.0169. The summed E-state index contributed by atoms with van der Waals surface area (Å²) in [5.41, 5.74) is 0. The number of carbonyl (C=O) groups is 4. The van der Waals surface area contributed by atoms with Crippen molar-refractivity contribution in [2.24, 2.45) is 17.8 Å². The molecule has 3 unspecified atom stereocenters. The van der Waals surface area contributed by atoms with Gasteiger partial charge in [0.1, 0.15) is 19.3 Å². The van der Waals surface area contributed by atoms with Gasteiger partial charge < -0.3 is 33.8 Å². The molecule has 0 aliphatic heterocycles. The summed E-state index contributed by atoms with van der Waals surface area (Å²) >= 11 is 0. The Kier molecular flexibility index (Phi) is 60.7. The van der Waals surface area contributed by atoms with Crippen molar-refractivity contribution < 1.29 is 80.2 Å². The van der Waals surface area contributed by atoms with E-state index in [1.54, 1.807) is 0 Å². The average Bonchev–Trinajstić information content (AvgIpc) is 3.68. The van der Waals surface area contributed by atoms with Crippen molar-refractivity contribution in [2.75, 3.05) is 39.6 Å². The van der Waals surface area contributed by atoms with E-state index in [1.807, 2.05) is 0 Å². The Morgan fingerprint density at radius 3 is 0.890 bits per heavy atom. The van der Waals surface area contributed by atoms with Crippen LogP contribution in [0.1, 0.15) is 337 Å². The molecular weight excluding hydrogens is 1200 g/mol. The van der Waals surface area contributed by atoms with Crippen molar-refractivity contribution in [3.05, 3.63) is 24.3 Å². The molecule has 0 saturated heterocycles. The molecule has 0 aromatic heterocycles. The fraction of sp³-hybridized carbons (Fsp3) is 0.889. The first-order chi connectivity index (χ1) is 43.7. The van der Waals surface area contributed by atoms with E-state index < -0.39 is 97.5 Å². The Hall–Kier alpha value is -2.46. The molecule has 0 fully saturated rings. The predicted molar refractivity (Wildman–Crippen MR) is 367 cm³/mol. The third kappa shape index (κ3) is 66.0. The molecule has 0 aromatic rings. The first-order valence-electron chi connectivity index (χ1n) is 36.7. The van der Waals surface area contributed by atoms with Gasteiger partial charge in [0.15, 0.2) is 12.2 Å². The zero-order chi connectivity index (χ0) is 67.3. The number of phosphoric ester groups is 2. The van der Waals surface area contributed by atoms with Crippen molar-refractivity contribution in [3.8, 4) is 0 Å². The smallest absolute Gasteiger partial charge is 0.462 e. The molecule has 0 spiro atoms. The Morgan fingerprint density at radius 1 is 0.341 bits per heavy atom. The molecule has 0 aliphatic carbocycles. The lowest BCUT2D eigenvalue weighted by molar-refractivity contribution is -0.161. The second-order valence-corrected chi connectivity index (χ2v) is 29.6. The number of ether oxygens (including phenoxy) is 4. The van der Waals surface area contributed by atoms with E-state index in [-0.39, 0.29) is 25.7 Å². The molecule has 91 heavy (non-hydrogen) atoms. The minimum Gasteiger partial charge on any atom is -0.462 e. The molecular formula is C72H136O17P2. The highest BCUT2D eigenvalue weighted by atomic mass is 31.2. The fourth-order valence-electron chi connectivity index (χ4n) is 10.4. The maximum Gasteiger partial charge on any atom is 0.472 e. The van der Waals surface area contributed by atoms with Gasteiger partial charge in [-0.2, -0.15) is 0 Å². The maximum atomic E-state index is 13.0. The first kappa shape index (κ1) is 88.5. The number of hydrogen-bond donors (Lipinski definition) is 3. The lowest BCUT2D eigenvalue weighted by atomic mass is 10.0. The van der Waals surface area contributed by atoms with Crippen molar-refractivity contribution in [1.29, 1.82) is 0 Å². The summed E-state index contributed by atoms with van der Waals surface area (Å²) in [4.78, 5) is 72.6. The number of unbranched alkanes of at least 4 members (excludes halogenated alkanes) is 33. The number of esters is 4. The summed E-state index contributed by atoms with van der Waals surface area (Å²) < 4.78 is 68.3. The lowest BCUT2D eigenvalue weighted by Crippen LogP contribution is -2.30. The highest BCUT2D eigenvalue weighted by Crippen LogP contribution is 2.45. The molecule has 0 amide bonds. The Morgan fingerprint density at radius 2 is 0.593 bits per heavy atom. The maximum absolute atomic E-state index is 13.0. The van der Waals surface area contributed by atoms with Crippen molar-refractivity contribution in [2.45, 2.75) is 356 Å². The number of carbonyl (C=O) groups excluding carboxylic acids is 4. The minimum absolute atomic E-state index is 0.0994. The summed E-state index contributed by atoms with van der Waals surface area (Å²) in [7, 11) is -9.92. The zero-order valence-corrected chi connectivity index (χ0v) is 60.6. The zero-order valence-electron chi connectivity index (χ0n) is 58.8. The summed E-state index contributed by atoms with van der Waals surface area (Å²) in [6.07, 6.45) is 49.5. The molecule has 0 heterocycles. The van der Waals surface area contributed by atoms with Gasteiger partial charge in [0.05, 0.1) is 26.4 Å². The third-order valence-electron chi connectivity index (χ3n) is 16.0. The molecule has 17 nitrogen and oxygen atoms in total. The molecule has 0 aromatic carbocycles. The number of aliphatic hydroxyl groups is 1. The van der Waals surface area contributed by atoms with E-state index in [9.17, 15) is 43.2 Å². The van der Waals surface area contributed by atoms with Crippen LogP contribution >= 0.6 is 15.6 Å². The van der Waals surface area contributed by atoms with E-state index in [2.05, 4.69) is 72.8 Å². The number of hydrogen-bond acceptors (Lipinski definition) is 15. The third-order valence-corrected chi connectivity index (χ3v) is 17.9. The number of aliphatic hydroxyl groups excluding tert-OH is 1. The monoisotopic (exact) mass is 1330 g/mol. The van der Waals surface area contributed by atoms with Crippen molar-refractivity contribution in [3.63, 3.8) is 0 Å². The summed E-state index contributed by atoms with van der Waals surface area (Å²) in [5.74, 6) is 0.0378.